The Hall–Kier alpha value is -1.65. The number of nitrogens with one attached hydrogen (secondary N) is 1. The van der Waals surface area contributed by atoms with Gasteiger partial charge in [0.1, 0.15) is 6.61 Å². The van der Waals surface area contributed by atoms with Crippen molar-refractivity contribution in [1.82, 2.24) is 5.32 Å². The molecule has 1 rings (SSSR count). The second-order valence-corrected chi connectivity index (χ2v) is 3.76. The summed E-state index contributed by atoms with van der Waals surface area (Å²) in [4.78, 5) is 11.0. The molecule has 1 N–H and O–H groups in total. The Morgan fingerprint density at radius 2 is 2.17 bits per heavy atom. The second kappa shape index (κ2) is 8.44. The van der Waals surface area contributed by atoms with E-state index in [0.717, 1.165) is 5.56 Å². The van der Waals surface area contributed by atoms with Gasteiger partial charge in [-0.15, -0.1) is 6.58 Å². The van der Waals surface area contributed by atoms with Gasteiger partial charge in [0.25, 0.3) is 0 Å². The van der Waals surface area contributed by atoms with Gasteiger partial charge in [-0.25, -0.2) is 0 Å². The third-order valence-electron chi connectivity index (χ3n) is 2.36. The SMILES string of the molecule is C=C[C@H](COCC(=O)NC)OCc1ccccc1. The molecule has 1 aromatic carbocycles. The predicted molar refractivity (Wildman–Crippen MR) is 70.1 cm³/mol. The van der Waals surface area contributed by atoms with Gasteiger partial charge < -0.3 is 14.8 Å². The minimum Gasteiger partial charge on any atom is -0.369 e. The van der Waals surface area contributed by atoms with Crippen molar-refractivity contribution in [2.45, 2.75) is 12.7 Å². The molecule has 0 unspecified atom stereocenters. The Morgan fingerprint density at radius 1 is 1.44 bits per heavy atom. The first-order valence-corrected chi connectivity index (χ1v) is 5.82. The van der Waals surface area contributed by atoms with Crippen LogP contribution in [0, 0.1) is 0 Å². The number of hydrogen-bond donors (Lipinski definition) is 1. The first kappa shape index (κ1) is 14.4. The fourth-order valence-electron chi connectivity index (χ4n) is 1.30. The van der Waals surface area contributed by atoms with Crippen molar-refractivity contribution in [3.8, 4) is 0 Å². The van der Waals surface area contributed by atoms with Gasteiger partial charge in [-0.2, -0.15) is 0 Å². The molecule has 0 saturated heterocycles. The van der Waals surface area contributed by atoms with E-state index in [1.807, 2.05) is 30.3 Å². The maximum atomic E-state index is 11.0. The van der Waals surface area contributed by atoms with E-state index >= 15 is 0 Å². The van der Waals surface area contributed by atoms with Crippen LogP contribution in [0.2, 0.25) is 0 Å². The summed E-state index contributed by atoms with van der Waals surface area (Å²) in [7, 11) is 1.57. The van der Waals surface area contributed by atoms with Crippen LogP contribution in [0.3, 0.4) is 0 Å². The maximum absolute atomic E-state index is 11.0. The Labute approximate surface area is 108 Å². The molecule has 0 bridgehead atoms. The van der Waals surface area contributed by atoms with Gasteiger partial charge in [-0.3, -0.25) is 4.79 Å². The molecule has 0 spiro atoms. The molecule has 1 atom stereocenters. The van der Waals surface area contributed by atoms with Crippen molar-refractivity contribution < 1.29 is 14.3 Å². The van der Waals surface area contributed by atoms with Gasteiger partial charge in [0.05, 0.1) is 19.3 Å². The van der Waals surface area contributed by atoms with Crippen molar-refractivity contribution in [3.63, 3.8) is 0 Å². The smallest absolute Gasteiger partial charge is 0.245 e. The van der Waals surface area contributed by atoms with Crippen LogP contribution in [-0.2, 0) is 20.9 Å². The van der Waals surface area contributed by atoms with Crippen molar-refractivity contribution >= 4 is 5.91 Å². The van der Waals surface area contributed by atoms with Gasteiger partial charge in [-0.05, 0) is 5.56 Å². The summed E-state index contributed by atoms with van der Waals surface area (Å²) in [6, 6.07) is 9.87. The quantitative estimate of drug-likeness (QED) is 0.711. The highest BCUT2D eigenvalue weighted by Crippen LogP contribution is 2.04. The van der Waals surface area contributed by atoms with E-state index < -0.39 is 0 Å². The zero-order valence-corrected chi connectivity index (χ0v) is 10.6. The third kappa shape index (κ3) is 5.61. The lowest BCUT2D eigenvalue weighted by atomic mass is 10.2. The lowest BCUT2D eigenvalue weighted by Gasteiger charge is -2.14. The van der Waals surface area contributed by atoms with Crippen LogP contribution < -0.4 is 5.32 Å². The first-order chi connectivity index (χ1) is 8.76. The van der Waals surface area contributed by atoms with Crippen LogP contribution >= 0.6 is 0 Å². The van der Waals surface area contributed by atoms with E-state index in [9.17, 15) is 4.79 Å². The summed E-state index contributed by atoms with van der Waals surface area (Å²) in [5.41, 5.74) is 1.09. The number of carbonyl (C=O) groups excluding carboxylic acids is 1. The molecule has 0 heterocycles. The molecule has 18 heavy (non-hydrogen) atoms. The lowest BCUT2D eigenvalue weighted by molar-refractivity contribution is -0.126. The average molecular weight is 249 g/mol. The molecule has 4 nitrogen and oxygen atoms in total. The van der Waals surface area contributed by atoms with E-state index in [2.05, 4.69) is 11.9 Å². The van der Waals surface area contributed by atoms with Crippen LogP contribution in [0.1, 0.15) is 5.56 Å². The number of rotatable bonds is 8. The average Bonchev–Trinajstić information content (AvgIpc) is 2.43. The van der Waals surface area contributed by atoms with Crippen molar-refractivity contribution in [1.29, 1.82) is 0 Å². The Kier molecular flexibility index (Phi) is 6.76. The second-order valence-electron chi connectivity index (χ2n) is 3.76. The number of ether oxygens (including phenoxy) is 2. The normalized spacial score (nSPS) is 11.8. The number of likely N-dealkylation sites (N-methyl/N-ethyl adjacent to an activating group) is 1. The third-order valence-corrected chi connectivity index (χ3v) is 2.36. The molecule has 0 fully saturated rings. The van der Waals surface area contributed by atoms with E-state index in [1.54, 1.807) is 13.1 Å². The fraction of sp³-hybridized carbons (Fsp3) is 0.357. The van der Waals surface area contributed by atoms with Crippen LogP contribution in [0.4, 0.5) is 0 Å². The van der Waals surface area contributed by atoms with Crippen molar-refractivity contribution in [3.05, 3.63) is 48.6 Å². The van der Waals surface area contributed by atoms with E-state index in [1.165, 1.54) is 0 Å². The molecule has 4 heteroatoms. The molecular weight excluding hydrogens is 230 g/mol. The zero-order chi connectivity index (χ0) is 13.2. The minimum atomic E-state index is -0.213. The summed E-state index contributed by atoms with van der Waals surface area (Å²) in [5.74, 6) is -0.152. The zero-order valence-electron chi connectivity index (χ0n) is 10.6. The van der Waals surface area contributed by atoms with Gasteiger partial charge in [0, 0.05) is 7.05 Å². The number of hydrogen-bond acceptors (Lipinski definition) is 3. The fourth-order valence-corrected chi connectivity index (χ4v) is 1.30. The highest BCUT2D eigenvalue weighted by atomic mass is 16.5. The topological polar surface area (TPSA) is 47.6 Å². The number of amides is 1. The predicted octanol–water partition coefficient (Wildman–Crippen LogP) is 1.52. The summed E-state index contributed by atoms with van der Waals surface area (Å²) in [6.45, 7) is 4.55. The standard InChI is InChI=1S/C14H19NO3/c1-3-13(10-17-11-14(16)15-2)18-9-12-7-5-4-6-8-12/h3-8,13H,1,9-11H2,2H3,(H,15,16)/t13-/m1/s1. The minimum absolute atomic E-state index is 0.0372. The summed E-state index contributed by atoms with van der Waals surface area (Å²) in [6.07, 6.45) is 1.46. The lowest BCUT2D eigenvalue weighted by Crippen LogP contribution is -2.26. The molecule has 1 amide bonds. The van der Waals surface area contributed by atoms with Crippen LogP contribution in [0.5, 0.6) is 0 Å². The number of carbonyl (C=O) groups is 1. The van der Waals surface area contributed by atoms with E-state index in [-0.39, 0.29) is 18.6 Å². The molecular formula is C14H19NO3. The van der Waals surface area contributed by atoms with E-state index in [0.29, 0.717) is 13.2 Å². The molecule has 98 valence electrons. The van der Waals surface area contributed by atoms with Crippen LogP contribution in [0.25, 0.3) is 0 Å². The highest BCUT2D eigenvalue weighted by molar-refractivity contribution is 5.76. The summed E-state index contributed by atoms with van der Waals surface area (Å²) >= 11 is 0. The van der Waals surface area contributed by atoms with Gasteiger partial charge in [0.15, 0.2) is 0 Å². The molecule has 0 radical (unpaired) electrons. The van der Waals surface area contributed by atoms with Gasteiger partial charge in [0.2, 0.25) is 5.91 Å². The first-order valence-electron chi connectivity index (χ1n) is 5.82. The molecule has 0 aliphatic heterocycles. The highest BCUT2D eigenvalue weighted by Gasteiger charge is 2.06. The Bertz CT molecular complexity index is 365. The molecule has 0 aliphatic carbocycles. The van der Waals surface area contributed by atoms with Gasteiger partial charge in [-0.1, -0.05) is 36.4 Å². The molecule has 0 aromatic heterocycles. The maximum Gasteiger partial charge on any atom is 0.245 e. The largest absolute Gasteiger partial charge is 0.369 e. The van der Waals surface area contributed by atoms with Gasteiger partial charge >= 0.3 is 0 Å². The monoisotopic (exact) mass is 249 g/mol. The van der Waals surface area contributed by atoms with Crippen LogP contribution in [-0.4, -0.2) is 32.3 Å². The Morgan fingerprint density at radius 3 is 2.78 bits per heavy atom. The van der Waals surface area contributed by atoms with Crippen LogP contribution in [0.15, 0.2) is 43.0 Å². The van der Waals surface area contributed by atoms with Crippen molar-refractivity contribution in [2.24, 2.45) is 0 Å². The summed E-state index contributed by atoms with van der Waals surface area (Å²) < 4.78 is 10.8. The number of benzene rings is 1. The molecule has 0 saturated carbocycles. The Balaban J connectivity index is 2.25. The molecule has 1 aromatic rings. The summed E-state index contributed by atoms with van der Waals surface area (Å²) in [5, 5.41) is 2.48. The van der Waals surface area contributed by atoms with E-state index in [4.69, 9.17) is 9.47 Å². The molecule has 0 aliphatic rings. The van der Waals surface area contributed by atoms with Crippen molar-refractivity contribution in [2.75, 3.05) is 20.3 Å².